The van der Waals surface area contributed by atoms with Crippen LogP contribution in [-0.2, 0) is 32.2 Å². The van der Waals surface area contributed by atoms with Crippen LogP contribution in [0.1, 0.15) is 66.8 Å². The second kappa shape index (κ2) is 16.3. The van der Waals surface area contributed by atoms with E-state index in [1.54, 1.807) is 24.4 Å². The number of carbonyl (C=O) groups excluding carboxylic acids is 2. The molecule has 10 heteroatoms. The first kappa shape index (κ1) is 31.5. The lowest BCUT2D eigenvalue weighted by Gasteiger charge is -2.36. The van der Waals surface area contributed by atoms with Crippen LogP contribution in [0.5, 0.6) is 5.75 Å². The molecule has 3 atom stereocenters. The number of carbonyl (C=O) groups is 2. The standard InChI is InChI=1S/C32H38N2O7S/c1-39-27-6-2-3-7-29(27)42-21-26-18-28(24-14-12-23(20-35)13-15-24)41-32(40-26)25-16-10-22(11-17-25)19-33-30(36)8-4-5-9-31(37)34-38/h2-3,6-7,10-17,26,28,32,35,38H,4-5,8-9,18-21H2,1H3,(H,33,36)(H,34,37). The molecule has 9 nitrogen and oxygen atoms in total. The summed E-state index contributed by atoms with van der Waals surface area (Å²) in [6.45, 7) is 0.381. The Bertz CT molecular complexity index is 1290. The highest BCUT2D eigenvalue weighted by atomic mass is 32.2. The Labute approximate surface area is 250 Å². The summed E-state index contributed by atoms with van der Waals surface area (Å²) in [4.78, 5) is 24.3. The van der Waals surface area contributed by atoms with Crippen molar-refractivity contribution < 1.29 is 34.1 Å². The summed E-state index contributed by atoms with van der Waals surface area (Å²) in [6.07, 6.45) is 1.46. The maximum absolute atomic E-state index is 12.2. The van der Waals surface area contributed by atoms with Gasteiger partial charge in [0.1, 0.15) is 5.75 Å². The van der Waals surface area contributed by atoms with E-state index in [9.17, 15) is 14.7 Å². The van der Waals surface area contributed by atoms with Crippen molar-refractivity contribution in [2.75, 3.05) is 12.9 Å². The van der Waals surface area contributed by atoms with Crippen LogP contribution < -0.4 is 15.5 Å². The zero-order chi connectivity index (χ0) is 29.7. The molecule has 1 saturated heterocycles. The van der Waals surface area contributed by atoms with Crippen LogP contribution in [0.4, 0.5) is 0 Å². The average molecular weight is 595 g/mol. The molecule has 0 aromatic heterocycles. The second-order valence-electron chi connectivity index (χ2n) is 10.1. The molecule has 3 aromatic rings. The van der Waals surface area contributed by atoms with Gasteiger partial charge in [0.05, 0.1) is 25.9 Å². The van der Waals surface area contributed by atoms with Gasteiger partial charge in [-0.25, -0.2) is 5.48 Å². The van der Waals surface area contributed by atoms with E-state index < -0.39 is 12.2 Å². The SMILES string of the molecule is COc1ccccc1SCC1CC(c2ccc(CO)cc2)OC(c2ccc(CNC(=O)CCCCC(=O)NO)cc2)O1. The summed E-state index contributed by atoms with van der Waals surface area (Å²) in [6, 6.07) is 23.6. The van der Waals surface area contributed by atoms with Gasteiger partial charge in [0.2, 0.25) is 11.8 Å². The summed E-state index contributed by atoms with van der Waals surface area (Å²) >= 11 is 1.69. The van der Waals surface area contributed by atoms with Gasteiger partial charge in [-0.3, -0.25) is 14.8 Å². The number of hydroxylamine groups is 1. The first-order valence-corrected chi connectivity index (χ1v) is 15.0. The fourth-order valence-corrected chi connectivity index (χ4v) is 5.70. The van der Waals surface area contributed by atoms with Gasteiger partial charge < -0.3 is 24.6 Å². The highest BCUT2D eigenvalue weighted by Gasteiger charge is 2.32. The van der Waals surface area contributed by atoms with Crippen LogP contribution >= 0.6 is 11.8 Å². The van der Waals surface area contributed by atoms with Crippen LogP contribution in [0.2, 0.25) is 0 Å². The quantitative estimate of drug-likeness (QED) is 0.0868. The highest BCUT2D eigenvalue weighted by molar-refractivity contribution is 7.99. The van der Waals surface area contributed by atoms with Crippen LogP contribution in [0.15, 0.2) is 77.7 Å². The van der Waals surface area contributed by atoms with Crippen LogP contribution in [-0.4, -0.2) is 41.1 Å². The van der Waals surface area contributed by atoms with E-state index in [1.165, 1.54) is 0 Å². The summed E-state index contributed by atoms with van der Waals surface area (Å²) in [5, 5.41) is 20.9. The van der Waals surface area contributed by atoms with Gasteiger partial charge in [0, 0.05) is 42.0 Å². The van der Waals surface area contributed by atoms with Crippen molar-refractivity contribution in [3.05, 3.63) is 95.1 Å². The van der Waals surface area contributed by atoms with Crippen LogP contribution in [0, 0.1) is 0 Å². The number of benzene rings is 3. The van der Waals surface area contributed by atoms with Gasteiger partial charge in [-0.1, -0.05) is 60.7 Å². The minimum atomic E-state index is -0.565. The Hall–Kier alpha value is -3.41. The molecule has 4 N–H and O–H groups in total. The fraction of sp³-hybridized carbons (Fsp3) is 0.375. The largest absolute Gasteiger partial charge is 0.496 e. The third-order valence-electron chi connectivity index (χ3n) is 7.03. The number of unbranched alkanes of at least 4 members (excludes halogenated alkanes) is 1. The molecule has 0 radical (unpaired) electrons. The predicted molar refractivity (Wildman–Crippen MR) is 159 cm³/mol. The Morgan fingerprint density at radius 3 is 2.26 bits per heavy atom. The monoisotopic (exact) mass is 594 g/mol. The first-order chi connectivity index (χ1) is 20.5. The highest BCUT2D eigenvalue weighted by Crippen LogP contribution is 2.40. The van der Waals surface area contributed by atoms with E-state index >= 15 is 0 Å². The zero-order valence-electron chi connectivity index (χ0n) is 23.7. The smallest absolute Gasteiger partial charge is 0.243 e. The zero-order valence-corrected chi connectivity index (χ0v) is 24.5. The lowest BCUT2D eigenvalue weighted by Crippen LogP contribution is -2.31. The summed E-state index contributed by atoms with van der Waals surface area (Å²) < 4.78 is 18.4. The third-order valence-corrected chi connectivity index (χ3v) is 8.22. The second-order valence-corrected chi connectivity index (χ2v) is 11.1. The summed E-state index contributed by atoms with van der Waals surface area (Å²) in [5.74, 6) is 1.01. The molecule has 3 aromatic carbocycles. The van der Waals surface area contributed by atoms with Crippen molar-refractivity contribution in [1.82, 2.24) is 10.8 Å². The molecule has 1 aliphatic rings. The number of nitrogens with one attached hydrogen (secondary N) is 2. The van der Waals surface area contributed by atoms with Gasteiger partial charge in [-0.15, -0.1) is 11.8 Å². The molecule has 1 heterocycles. The van der Waals surface area contributed by atoms with Crippen molar-refractivity contribution in [2.45, 2.75) is 68.6 Å². The Morgan fingerprint density at radius 2 is 1.57 bits per heavy atom. The first-order valence-electron chi connectivity index (χ1n) is 14.0. The number of hydrogen-bond acceptors (Lipinski definition) is 8. The number of aliphatic hydroxyl groups is 1. The minimum absolute atomic E-state index is 0.00807. The number of aliphatic hydroxyl groups excluding tert-OH is 1. The van der Waals surface area contributed by atoms with Gasteiger partial charge in [-0.05, 0) is 41.7 Å². The summed E-state index contributed by atoms with van der Waals surface area (Å²) in [7, 11) is 1.67. The number of ether oxygens (including phenoxy) is 3. The molecule has 3 unspecified atom stereocenters. The van der Waals surface area contributed by atoms with Crippen molar-refractivity contribution in [3.8, 4) is 5.75 Å². The maximum Gasteiger partial charge on any atom is 0.243 e. The number of amides is 2. The van der Waals surface area contributed by atoms with Crippen molar-refractivity contribution in [3.63, 3.8) is 0 Å². The lowest BCUT2D eigenvalue weighted by molar-refractivity contribution is -0.245. The van der Waals surface area contributed by atoms with E-state index in [2.05, 4.69) is 5.32 Å². The molecule has 0 saturated carbocycles. The molecule has 2 amide bonds. The molecule has 0 aliphatic carbocycles. The Kier molecular flexibility index (Phi) is 12.2. The summed E-state index contributed by atoms with van der Waals surface area (Å²) in [5.41, 5.74) is 5.30. The van der Waals surface area contributed by atoms with Gasteiger partial charge in [0.15, 0.2) is 6.29 Å². The van der Waals surface area contributed by atoms with Gasteiger partial charge in [0.25, 0.3) is 0 Å². The predicted octanol–water partition coefficient (Wildman–Crippen LogP) is 5.21. The molecule has 0 spiro atoms. The number of thioether (sulfide) groups is 1. The number of para-hydroxylation sites is 1. The third kappa shape index (κ3) is 9.30. The maximum atomic E-state index is 12.2. The van der Waals surface area contributed by atoms with Crippen molar-refractivity contribution in [1.29, 1.82) is 0 Å². The number of methoxy groups -OCH3 is 1. The van der Waals surface area contributed by atoms with E-state index in [0.29, 0.717) is 32.2 Å². The minimum Gasteiger partial charge on any atom is -0.496 e. The molecular formula is C32H38N2O7S. The lowest BCUT2D eigenvalue weighted by atomic mass is 10.0. The average Bonchev–Trinajstić information content (AvgIpc) is 3.04. The van der Waals surface area contributed by atoms with Crippen LogP contribution in [0.3, 0.4) is 0 Å². The molecule has 224 valence electrons. The van der Waals surface area contributed by atoms with E-state index in [1.807, 2.05) is 72.8 Å². The van der Waals surface area contributed by atoms with Crippen molar-refractivity contribution in [2.24, 2.45) is 0 Å². The molecule has 1 fully saturated rings. The molecular weight excluding hydrogens is 556 g/mol. The molecule has 4 rings (SSSR count). The van der Waals surface area contributed by atoms with Crippen LogP contribution in [0.25, 0.3) is 0 Å². The normalized spacial score (nSPS) is 18.3. The Morgan fingerprint density at radius 1 is 0.905 bits per heavy atom. The number of hydrogen-bond donors (Lipinski definition) is 4. The molecule has 1 aliphatic heterocycles. The van der Waals surface area contributed by atoms with E-state index in [4.69, 9.17) is 19.4 Å². The van der Waals surface area contributed by atoms with E-state index in [-0.39, 0.29) is 31.1 Å². The van der Waals surface area contributed by atoms with Gasteiger partial charge >= 0.3 is 0 Å². The topological polar surface area (TPSA) is 126 Å². The molecule has 42 heavy (non-hydrogen) atoms. The molecule has 0 bridgehead atoms. The van der Waals surface area contributed by atoms with Crippen molar-refractivity contribution >= 4 is 23.6 Å². The fourth-order valence-electron chi connectivity index (χ4n) is 4.65. The number of rotatable bonds is 14. The van der Waals surface area contributed by atoms with E-state index in [0.717, 1.165) is 38.7 Å². The Balaban J connectivity index is 1.38. The van der Waals surface area contributed by atoms with Gasteiger partial charge in [-0.2, -0.15) is 0 Å².